The fourth-order valence-electron chi connectivity index (χ4n) is 4.13. The van der Waals surface area contributed by atoms with Crippen molar-refractivity contribution < 1.29 is 9.84 Å². The third-order valence-corrected chi connectivity index (χ3v) is 5.55. The molecule has 0 unspecified atom stereocenters. The maximum Gasteiger partial charge on any atom is 0.119 e. The number of aliphatic hydroxyl groups is 1. The molecule has 2 N–H and O–H groups in total. The third-order valence-electron chi connectivity index (χ3n) is 5.55. The molecule has 2 aromatic rings. The predicted molar refractivity (Wildman–Crippen MR) is 100 cm³/mol. The minimum Gasteiger partial charge on any atom is -0.497 e. The van der Waals surface area contributed by atoms with Crippen LogP contribution < -0.4 is 15.0 Å². The molecule has 1 aliphatic carbocycles. The molecule has 4 heteroatoms. The van der Waals surface area contributed by atoms with Crippen LogP contribution in [0.25, 0.3) is 0 Å². The highest BCUT2D eigenvalue weighted by Crippen LogP contribution is 2.32. The number of methoxy groups -OCH3 is 1. The van der Waals surface area contributed by atoms with Crippen molar-refractivity contribution in [2.24, 2.45) is 0 Å². The number of aliphatic hydroxyl groups excluding tert-OH is 1. The van der Waals surface area contributed by atoms with Crippen molar-refractivity contribution in [3.05, 3.63) is 59.7 Å². The van der Waals surface area contributed by atoms with Crippen molar-refractivity contribution in [2.75, 3.05) is 25.1 Å². The predicted octanol–water partition coefficient (Wildman–Crippen LogP) is 2.91. The van der Waals surface area contributed by atoms with Crippen molar-refractivity contribution in [3.8, 4) is 5.75 Å². The van der Waals surface area contributed by atoms with Gasteiger partial charge in [-0.25, -0.2) is 0 Å². The van der Waals surface area contributed by atoms with Gasteiger partial charge < -0.3 is 20.1 Å². The SMILES string of the molecule is COc1ccc(N2CCC(N[C@H]3c4ccccc4C[C@H]3O)CC2)cc1. The van der Waals surface area contributed by atoms with Gasteiger partial charge in [0.25, 0.3) is 0 Å². The lowest BCUT2D eigenvalue weighted by Gasteiger charge is -2.36. The number of piperidine rings is 1. The van der Waals surface area contributed by atoms with Gasteiger partial charge in [0.05, 0.1) is 19.3 Å². The average molecular weight is 338 g/mol. The van der Waals surface area contributed by atoms with Gasteiger partial charge in [-0.1, -0.05) is 24.3 Å². The summed E-state index contributed by atoms with van der Waals surface area (Å²) in [5.41, 5.74) is 3.81. The summed E-state index contributed by atoms with van der Waals surface area (Å²) in [5.74, 6) is 0.897. The Kier molecular flexibility index (Phi) is 4.64. The number of hydrogen-bond acceptors (Lipinski definition) is 4. The Morgan fingerprint density at radius 1 is 1.04 bits per heavy atom. The van der Waals surface area contributed by atoms with Crippen LogP contribution in [0.3, 0.4) is 0 Å². The van der Waals surface area contributed by atoms with E-state index in [1.165, 1.54) is 16.8 Å². The molecular weight excluding hydrogens is 312 g/mol. The van der Waals surface area contributed by atoms with Crippen molar-refractivity contribution in [1.29, 1.82) is 0 Å². The molecule has 2 aliphatic rings. The van der Waals surface area contributed by atoms with Gasteiger partial charge in [-0.05, 0) is 48.2 Å². The fourth-order valence-corrected chi connectivity index (χ4v) is 4.13. The summed E-state index contributed by atoms with van der Waals surface area (Å²) in [6.45, 7) is 2.07. The monoisotopic (exact) mass is 338 g/mol. The second-order valence-corrected chi connectivity index (χ2v) is 7.07. The lowest BCUT2D eigenvalue weighted by Crippen LogP contribution is -2.45. The van der Waals surface area contributed by atoms with Crippen LogP contribution in [0, 0.1) is 0 Å². The number of fused-ring (bicyclic) bond motifs is 1. The van der Waals surface area contributed by atoms with Gasteiger partial charge in [0.2, 0.25) is 0 Å². The summed E-state index contributed by atoms with van der Waals surface area (Å²) >= 11 is 0. The second kappa shape index (κ2) is 7.06. The van der Waals surface area contributed by atoms with Crippen LogP contribution in [0.5, 0.6) is 5.75 Å². The summed E-state index contributed by atoms with van der Waals surface area (Å²) in [6.07, 6.45) is 2.64. The van der Waals surface area contributed by atoms with E-state index in [1.54, 1.807) is 7.11 Å². The highest BCUT2D eigenvalue weighted by atomic mass is 16.5. The highest BCUT2D eigenvalue weighted by molar-refractivity contribution is 5.49. The third kappa shape index (κ3) is 3.37. The fraction of sp³-hybridized carbons (Fsp3) is 0.429. The zero-order valence-corrected chi connectivity index (χ0v) is 14.7. The minimum atomic E-state index is -0.308. The molecule has 0 saturated carbocycles. The van der Waals surface area contributed by atoms with E-state index in [0.717, 1.165) is 38.1 Å². The largest absolute Gasteiger partial charge is 0.497 e. The molecule has 0 bridgehead atoms. The lowest BCUT2D eigenvalue weighted by atomic mass is 10.0. The van der Waals surface area contributed by atoms with Crippen LogP contribution in [-0.4, -0.2) is 37.5 Å². The topological polar surface area (TPSA) is 44.7 Å². The molecule has 4 nitrogen and oxygen atoms in total. The van der Waals surface area contributed by atoms with Crippen LogP contribution in [0.1, 0.15) is 30.0 Å². The number of hydrogen-bond donors (Lipinski definition) is 2. The zero-order valence-electron chi connectivity index (χ0n) is 14.7. The lowest BCUT2D eigenvalue weighted by molar-refractivity contribution is 0.131. The number of anilines is 1. The minimum absolute atomic E-state index is 0.0775. The molecule has 2 aromatic carbocycles. The van der Waals surface area contributed by atoms with Gasteiger partial charge in [0, 0.05) is 31.2 Å². The summed E-state index contributed by atoms with van der Waals surface area (Å²) in [5, 5.41) is 14.2. The Hall–Kier alpha value is -2.04. The molecule has 1 heterocycles. The summed E-state index contributed by atoms with van der Waals surface area (Å²) in [7, 11) is 1.70. The molecule has 4 rings (SSSR count). The molecule has 1 aliphatic heterocycles. The first-order chi connectivity index (χ1) is 12.2. The van der Waals surface area contributed by atoms with Gasteiger partial charge in [0.15, 0.2) is 0 Å². The van der Waals surface area contributed by atoms with E-state index in [4.69, 9.17) is 4.74 Å². The molecule has 132 valence electrons. The Labute approximate surface area is 149 Å². The quantitative estimate of drug-likeness (QED) is 0.900. The van der Waals surface area contributed by atoms with Crippen molar-refractivity contribution in [2.45, 2.75) is 37.5 Å². The van der Waals surface area contributed by atoms with Crippen LogP contribution in [0.2, 0.25) is 0 Å². The number of ether oxygens (including phenoxy) is 1. The molecule has 0 radical (unpaired) electrons. The van der Waals surface area contributed by atoms with Crippen LogP contribution in [0.4, 0.5) is 5.69 Å². The molecule has 1 saturated heterocycles. The molecule has 25 heavy (non-hydrogen) atoms. The van der Waals surface area contributed by atoms with E-state index in [1.807, 2.05) is 12.1 Å². The van der Waals surface area contributed by atoms with Crippen LogP contribution >= 0.6 is 0 Å². The molecular formula is C21H26N2O2. The number of nitrogens with one attached hydrogen (secondary N) is 1. The van der Waals surface area contributed by atoms with Gasteiger partial charge in [0.1, 0.15) is 5.75 Å². The molecule has 2 atom stereocenters. The second-order valence-electron chi connectivity index (χ2n) is 7.07. The maximum absolute atomic E-state index is 10.4. The van der Waals surface area contributed by atoms with Crippen molar-refractivity contribution >= 4 is 5.69 Å². The number of nitrogens with zero attached hydrogens (tertiary/aromatic N) is 1. The molecule has 1 fully saturated rings. The summed E-state index contributed by atoms with van der Waals surface area (Å²) < 4.78 is 5.23. The van der Waals surface area contributed by atoms with Gasteiger partial charge in [-0.3, -0.25) is 0 Å². The summed E-state index contributed by atoms with van der Waals surface area (Å²) in [6, 6.07) is 17.2. The van der Waals surface area contributed by atoms with E-state index >= 15 is 0 Å². The Bertz CT molecular complexity index is 708. The Morgan fingerprint density at radius 2 is 1.76 bits per heavy atom. The first-order valence-electron chi connectivity index (χ1n) is 9.15. The number of benzene rings is 2. The van der Waals surface area contributed by atoms with E-state index in [9.17, 15) is 5.11 Å². The molecule has 0 spiro atoms. The van der Waals surface area contributed by atoms with Gasteiger partial charge in [-0.2, -0.15) is 0 Å². The standard InChI is InChI=1S/C21H26N2O2/c1-25-18-8-6-17(7-9-18)23-12-10-16(11-13-23)22-21-19-5-3-2-4-15(19)14-20(21)24/h2-9,16,20-22,24H,10-14H2,1H3/t20-,21+/m1/s1. The Balaban J connectivity index is 1.36. The van der Waals surface area contributed by atoms with E-state index < -0.39 is 0 Å². The Morgan fingerprint density at radius 3 is 2.48 bits per heavy atom. The van der Waals surface area contributed by atoms with Crippen molar-refractivity contribution in [3.63, 3.8) is 0 Å². The summed E-state index contributed by atoms with van der Waals surface area (Å²) in [4.78, 5) is 2.43. The first kappa shape index (κ1) is 16.4. The van der Waals surface area contributed by atoms with Crippen molar-refractivity contribution in [1.82, 2.24) is 5.32 Å². The molecule has 0 amide bonds. The average Bonchev–Trinajstić information content (AvgIpc) is 2.98. The van der Waals surface area contributed by atoms with Gasteiger partial charge >= 0.3 is 0 Å². The van der Waals surface area contributed by atoms with Gasteiger partial charge in [-0.15, -0.1) is 0 Å². The van der Waals surface area contributed by atoms with E-state index in [2.05, 4.69) is 46.6 Å². The van der Waals surface area contributed by atoms with E-state index in [0.29, 0.717) is 6.04 Å². The highest BCUT2D eigenvalue weighted by Gasteiger charge is 2.33. The number of rotatable bonds is 4. The first-order valence-corrected chi connectivity index (χ1v) is 9.15. The molecule has 0 aromatic heterocycles. The zero-order chi connectivity index (χ0) is 17.2. The van der Waals surface area contributed by atoms with Crippen LogP contribution in [0.15, 0.2) is 48.5 Å². The smallest absolute Gasteiger partial charge is 0.119 e. The normalized spacial score (nSPS) is 23.5. The van der Waals surface area contributed by atoms with Crippen LogP contribution in [-0.2, 0) is 6.42 Å². The maximum atomic E-state index is 10.4. The van der Waals surface area contributed by atoms with E-state index in [-0.39, 0.29) is 12.1 Å².